The molecule has 0 bridgehead atoms. The van der Waals surface area contributed by atoms with E-state index in [0.717, 1.165) is 4.90 Å². The first-order chi connectivity index (χ1) is 7.15. The number of nitrogens with one attached hydrogen (secondary N) is 1. The Morgan fingerprint density at radius 3 is 2.53 bits per heavy atom. The third-order valence-electron chi connectivity index (χ3n) is 1.91. The summed E-state index contributed by atoms with van der Waals surface area (Å²) in [4.78, 5) is 34.3. The highest BCUT2D eigenvalue weighted by Gasteiger charge is 2.23. The van der Waals surface area contributed by atoms with Crippen LogP contribution in [0.5, 0.6) is 0 Å². The molecule has 0 spiro atoms. The van der Waals surface area contributed by atoms with Gasteiger partial charge >= 0.3 is 0 Å². The molecule has 0 unspecified atom stereocenters. The maximum absolute atomic E-state index is 11.1. The monoisotopic (exact) mass is 208 g/mol. The van der Waals surface area contributed by atoms with Gasteiger partial charge in [-0.15, -0.1) is 6.58 Å². The number of rotatable bonds is 5. The SMILES string of the molecule is C=CCNC(=O)CCN1C(=O)C=CC1=O. The molecule has 80 valence electrons. The second-order valence-electron chi connectivity index (χ2n) is 3.00. The zero-order chi connectivity index (χ0) is 11.3. The van der Waals surface area contributed by atoms with E-state index in [2.05, 4.69) is 11.9 Å². The molecule has 0 radical (unpaired) electrons. The van der Waals surface area contributed by atoms with Crippen LogP contribution in [0.1, 0.15) is 6.42 Å². The quantitative estimate of drug-likeness (QED) is 0.494. The van der Waals surface area contributed by atoms with Crippen molar-refractivity contribution in [1.29, 1.82) is 0 Å². The molecule has 1 rings (SSSR count). The minimum absolute atomic E-state index is 0.118. The van der Waals surface area contributed by atoms with Gasteiger partial charge in [0.2, 0.25) is 5.91 Å². The molecule has 3 amide bonds. The van der Waals surface area contributed by atoms with Gasteiger partial charge in [0.25, 0.3) is 11.8 Å². The lowest BCUT2D eigenvalue weighted by atomic mass is 10.3. The van der Waals surface area contributed by atoms with Gasteiger partial charge in [0.15, 0.2) is 0 Å². The molecule has 0 saturated heterocycles. The lowest BCUT2D eigenvalue weighted by molar-refractivity contribution is -0.137. The third kappa shape index (κ3) is 3.05. The average Bonchev–Trinajstić information content (AvgIpc) is 2.53. The molecule has 1 heterocycles. The minimum Gasteiger partial charge on any atom is -0.353 e. The Labute approximate surface area is 87.4 Å². The lowest BCUT2D eigenvalue weighted by Gasteiger charge is -2.12. The molecule has 0 aromatic rings. The van der Waals surface area contributed by atoms with Gasteiger partial charge in [0, 0.05) is 31.7 Å². The topological polar surface area (TPSA) is 66.5 Å². The number of nitrogens with zero attached hydrogens (tertiary/aromatic N) is 1. The number of carbonyl (C=O) groups excluding carboxylic acids is 3. The fourth-order valence-corrected chi connectivity index (χ4v) is 1.14. The van der Waals surface area contributed by atoms with Gasteiger partial charge in [0.1, 0.15) is 0 Å². The number of hydrogen-bond acceptors (Lipinski definition) is 3. The summed E-state index contributed by atoms with van der Waals surface area (Å²) in [6, 6.07) is 0. The second-order valence-corrected chi connectivity index (χ2v) is 3.00. The second kappa shape index (κ2) is 5.09. The number of carbonyl (C=O) groups is 3. The van der Waals surface area contributed by atoms with Crippen molar-refractivity contribution in [1.82, 2.24) is 10.2 Å². The van der Waals surface area contributed by atoms with Crippen LogP contribution in [0.25, 0.3) is 0 Å². The van der Waals surface area contributed by atoms with Crippen LogP contribution >= 0.6 is 0 Å². The van der Waals surface area contributed by atoms with E-state index in [9.17, 15) is 14.4 Å². The van der Waals surface area contributed by atoms with Crippen LogP contribution in [0.4, 0.5) is 0 Å². The first-order valence-electron chi connectivity index (χ1n) is 4.56. The first-order valence-corrected chi connectivity index (χ1v) is 4.56. The van der Waals surface area contributed by atoms with E-state index in [1.54, 1.807) is 6.08 Å². The summed E-state index contributed by atoms with van der Waals surface area (Å²) in [5, 5.41) is 2.56. The minimum atomic E-state index is -0.364. The Hall–Kier alpha value is -1.91. The van der Waals surface area contributed by atoms with E-state index in [1.165, 1.54) is 12.2 Å². The van der Waals surface area contributed by atoms with Gasteiger partial charge in [-0.1, -0.05) is 6.08 Å². The van der Waals surface area contributed by atoms with E-state index in [4.69, 9.17) is 0 Å². The summed E-state index contributed by atoms with van der Waals surface area (Å²) in [5.74, 6) is -0.935. The molecule has 0 saturated carbocycles. The summed E-state index contributed by atoms with van der Waals surface area (Å²) in [7, 11) is 0. The molecule has 5 nitrogen and oxygen atoms in total. The van der Waals surface area contributed by atoms with E-state index in [1.807, 2.05) is 0 Å². The van der Waals surface area contributed by atoms with Crippen molar-refractivity contribution in [2.75, 3.05) is 13.1 Å². The summed E-state index contributed by atoms with van der Waals surface area (Å²) in [6.45, 7) is 3.96. The molecule has 5 heteroatoms. The fraction of sp³-hybridized carbons (Fsp3) is 0.300. The molecule has 1 aliphatic heterocycles. The lowest BCUT2D eigenvalue weighted by Crippen LogP contribution is -2.34. The molecular weight excluding hydrogens is 196 g/mol. The Morgan fingerprint density at radius 1 is 1.40 bits per heavy atom. The molecule has 0 aromatic carbocycles. The van der Waals surface area contributed by atoms with Gasteiger partial charge < -0.3 is 5.32 Å². The van der Waals surface area contributed by atoms with Crippen LogP contribution < -0.4 is 5.32 Å². The number of amides is 3. The summed E-state index contributed by atoms with van der Waals surface area (Å²) >= 11 is 0. The Kier molecular flexibility index (Phi) is 3.79. The molecule has 0 fully saturated rings. The van der Waals surface area contributed by atoms with Gasteiger partial charge in [-0.05, 0) is 0 Å². The Balaban J connectivity index is 2.31. The predicted molar refractivity (Wildman–Crippen MR) is 53.7 cm³/mol. The predicted octanol–water partition coefficient (Wildman–Crippen LogP) is -0.396. The zero-order valence-corrected chi connectivity index (χ0v) is 8.23. The van der Waals surface area contributed by atoms with E-state index >= 15 is 0 Å². The summed E-state index contributed by atoms with van der Waals surface area (Å²) < 4.78 is 0. The molecule has 1 aliphatic rings. The van der Waals surface area contributed by atoms with E-state index in [0.29, 0.717) is 6.54 Å². The molecule has 1 N–H and O–H groups in total. The molecule has 0 aliphatic carbocycles. The van der Waals surface area contributed by atoms with Gasteiger partial charge in [-0.2, -0.15) is 0 Å². The maximum Gasteiger partial charge on any atom is 0.253 e. The van der Waals surface area contributed by atoms with Crippen molar-refractivity contribution >= 4 is 17.7 Å². The Bertz CT molecular complexity index is 316. The van der Waals surface area contributed by atoms with Crippen molar-refractivity contribution in [3.8, 4) is 0 Å². The largest absolute Gasteiger partial charge is 0.353 e. The average molecular weight is 208 g/mol. The number of imide groups is 1. The standard InChI is InChI=1S/C10H12N2O3/c1-2-6-11-8(13)5-7-12-9(14)3-4-10(12)15/h2-4H,1,5-7H2,(H,11,13). The van der Waals surface area contributed by atoms with Crippen LogP contribution in [-0.4, -0.2) is 35.7 Å². The molecular formula is C10H12N2O3. The van der Waals surface area contributed by atoms with Gasteiger partial charge in [-0.25, -0.2) is 0 Å². The number of hydrogen-bond donors (Lipinski definition) is 1. The maximum atomic E-state index is 11.1. The smallest absolute Gasteiger partial charge is 0.253 e. The fourth-order valence-electron chi connectivity index (χ4n) is 1.14. The summed E-state index contributed by atoms with van der Waals surface area (Å²) in [5.41, 5.74) is 0. The first kappa shape index (κ1) is 11.2. The highest BCUT2D eigenvalue weighted by atomic mass is 16.2. The van der Waals surface area contributed by atoms with Gasteiger partial charge in [-0.3, -0.25) is 19.3 Å². The van der Waals surface area contributed by atoms with Crippen LogP contribution in [0.3, 0.4) is 0 Å². The normalized spacial score (nSPS) is 14.5. The van der Waals surface area contributed by atoms with Crippen molar-refractivity contribution in [3.05, 3.63) is 24.8 Å². The molecule has 0 aromatic heterocycles. The van der Waals surface area contributed by atoms with Crippen LogP contribution in [-0.2, 0) is 14.4 Å². The van der Waals surface area contributed by atoms with Gasteiger partial charge in [0.05, 0.1) is 0 Å². The highest BCUT2D eigenvalue weighted by molar-refractivity contribution is 6.13. The summed E-state index contributed by atoms with van der Waals surface area (Å²) in [6.07, 6.45) is 4.08. The van der Waals surface area contributed by atoms with E-state index < -0.39 is 0 Å². The van der Waals surface area contributed by atoms with Crippen LogP contribution in [0.2, 0.25) is 0 Å². The Morgan fingerprint density at radius 2 is 2.00 bits per heavy atom. The zero-order valence-electron chi connectivity index (χ0n) is 8.23. The van der Waals surface area contributed by atoms with Crippen LogP contribution in [0, 0.1) is 0 Å². The highest BCUT2D eigenvalue weighted by Crippen LogP contribution is 2.03. The van der Waals surface area contributed by atoms with Crippen molar-refractivity contribution in [3.63, 3.8) is 0 Å². The third-order valence-corrected chi connectivity index (χ3v) is 1.91. The van der Waals surface area contributed by atoms with Crippen LogP contribution in [0.15, 0.2) is 24.8 Å². The van der Waals surface area contributed by atoms with Crippen molar-refractivity contribution in [2.24, 2.45) is 0 Å². The van der Waals surface area contributed by atoms with Crippen molar-refractivity contribution in [2.45, 2.75) is 6.42 Å². The molecule has 0 atom stereocenters. The van der Waals surface area contributed by atoms with Crippen molar-refractivity contribution < 1.29 is 14.4 Å². The molecule has 15 heavy (non-hydrogen) atoms. The van der Waals surface area contributed by atoms with E-state index in [-0.39, 0.29) is 30.7 Å².